The normalized spacial score (nSPS) is 41.3. The van der Waals surface area contributed by atoms with Gasteiger partial charge in [0.25, 0.3) is 0 Å². The monoisotopic (exact) mass is 349 g/mol. The number of carbonyl (C=O) groups excluding carboxylic acids is 1. The number of pyridine rings is 1. The molecule has 4 aliphatic rings. The van der Waals surface area contributed by atoms with Crippen LogP contribution >= 0.6 is 0 Å². The van der Waals surface area contributed by atoms with E-state index in [0.29, 0.717) is 24.2 Å². The zero-order chi connectivity index (χ0) is 17.9. The Morgan fingerprint density at radius 3 is 2.81 bits per heavy atom. The molecule has 0 aromatic carbocycles. The summed E-state index contributed by atoms with van der Waals surface area (Å²) < 4.78 is 5.67. The Bertz CT molecular complexity index is 811. The first-order valence-corrected chi connectivity index (χ1v) is 10.0. The largest absolute Gasteiger partial charge is 0.431 e. The molecular weight excluding hydrogens is 322 g/mol. The van der Waals surface area contributed by atoms with E-state index in [9.17, 15) is 4.79 Å². The summed E-state index contributed by atoms with van der Waals surface area (Å²) in [5, 5.41) is 0. The molecule has 0 unspecified atom stereocenters. The van der Waals surface area contributed by atoms with Gasteiger partial charge in [-0.1, -0.05) is 26.0 Å². The lowest BCUT2D eigenvalue weighted by atomic mass is 9.49. The molecule has 3 aliphatic carbocycles. The van der Waals surface area contributed by atoms with Crippen LogP contribution in [0, 0.1) is 28.6 Å². The Hall–Kier alpha value is -1.90. The molecule has 3 heteroatoms. The first-order valence-electron chi connectivity index (χ1n) is 10.0. The van der Waals surface area contributed by atoms with Crippen LogP contribution in [-0.4, -0.2) is 11.0 Å². The van der Waals surface area contributed by atoms with Gasteiger partial charge in [-0.15, -0.1) is 0 Å². The lowest BCUT2D eigenvalue weighted by Crippen LogP contribution is -2.49. The Labute approximate surface area is 155 Å². The van der Waals surface area contributed by atoms with Crippen molar-refractivity contribution in [3.8, 4) is 0 Å². The van der Waals surface area contributed by atoms with Crippen molar-refractivity contribution < 1.29 is 9.53 Å². The molecule has 1 aliphatic heterocycles. The molecule has 26 heavy (non-hydrogen) atoms. The van der Waals surface area contributed by atoms with Crippen LogP contribution in [0.1, 0.15) is 57.9 Å². The van der Waals surface area contributed by atoms with E-state index in [1.807, 2.05) is 18.5 Å². The summed E-state index contributed by atoms with van der Waals surface area (Å²) in [6, 6.07) is 4.25. The summed E-state index contributed by atoms with van der Waals surface area (Å²) in [6.45, 7) is 4.82. The predicted octanol–water partition coefficient (Wildman–Crippen LogP) is 5.15. The maximum atomic E-state index is 11.8. The van der Waals surface area contributed by atoms with Gasteiger partial charge in [-0.05, 0) is 78.6 Å². The maximum absolute atomic E-state index is 11.8. The fourth-order valence-electron chi connectivity index (χ4n) is 6.61. The molecule has 3 nitrogen and oxygen atoms in total. The van der Waals surface area contributed by atoms with Crippen LogP contribution in [0.3, 0.4) is 0 Å². The van der Waals surface area contributed by atoms with Gasteiger partial charge in [-0.2, -0.15) is 0 Å². The number of aromatic nitrogens is 1. The molecule has 1 saturated carbocycles. The molecule has 0 amide bonds. The van der Waals surface area contributed by atoms with E-state index in [1.165, 1.54) is 30.4 Å². The highest BCUT2D eigenvalue weighted by atomic mass is 16.5. The van der Waals surface area contributed by atoms with Gasteiger partial charge in [-0.25, -0.2) is 0 Å². The SMILES string of the molecule is C[C@]12CCC(=O)OC1=CC[C@H]1[C@@H]2CC[C@]2(C)C(c3cccnc3)=CC[C@@H]12. The van der Waals surface area contributed by atoms with Crippen molar-refractivity contribution in [3.05, 3.63) is 48.0 Å². The Morgan fingerprint density at radius 1 is 1.12 bits per heavy atom. The van der Waals surface area contributed by atoms with Crippen LogP contribution < -0.4 is 0 Å². The minimum absolute atomic E-state index is 0.0470. The van der Waals surface area contributed by atoms with Crippen LogP contribution in [0.4, 0.5) is 0 Å². The number of allylic oxidation sites excluding steroid dienone is 4. The molecule has 2 heterocycles. The second-order valence-corrected chi connectivity index (χ2v) is 9.12. The van der Waals surface area contributed by atoms with Crippen molar-refractivity contribution in [1.82, 2.24) is 4.98 Å². The maximum Gasteiger partial charge on any atom is 0.310 e. The smallest absolute Gasteiger partial charge is 0.310 e. The van der Waals surface area contributed by atoms with Crippen molar-refractivity contribution >= 4 is 11.5 Å². The first kappa shape index (κ1) is 16.3. The molecule has 136 valence electrons. The third-order valence-corrected chi connectivity index (χ3v) is 8.02. The van der Waals surface area contributed by atoms with Gasteiger partial charge in [0, 0.05) is 24.2 Å². The van der Waals surface area contributed by atoms with Gasteiger partial charge in [0.15, 0.2) is 0 Å². The molecule has 1 aromatic heterocycles. The number of nitrogens with zero attached hydrogens (tertiary/aromatic N) is 1. The average molecular weight is 349 g/mol. The van der Waals surface area contributed by atoms with E-state index < -0.39 is 0 Å². The van der Waals surface area contributed by atoms with Gasteiger partial charge in [-0.3, -0.25) is 9.78 Å². The highest BCUT2D eigenvalue weighted by Crippen LogP contribution is 2.65. The molecular formula is C23H27NO2. The predicted molar refractivity (Wildman–Crippen MR) is 101 cm³/mol. The Balaban J connectivity index is 1.49. The number of ether oxygens (including phenoxy) is 1. The van der Waals surface area contributed by atoms with Gasteiger partial charge in [0.05, 0.1) is 0 Å². The standard InChI is InChI=1S/C23H27NO2/c1-22-11-9-19-16(5-8-20-23(19,2)12-10-21(25)26-20)18(22)7-6-17(22)15-4-3-13-24-14-15/h3-4,6,8,13-14,16,18-19H,5,7,9-12H2,1-2H3/t16-,18+,19+,22-,23-/m1/s1. The highest BCUT2D eigenvalue weighted by Gasteiger charge is 2.57. The van der Waals surface area contributed by atoms with E-state index >= 15 is 0 Å². The van der Waals surface area contributed by atoms with E-state index in [1.54, 1.807) is 0 Å². The third kappa shape index (κ3) is 2.12. The number of carbonyl (C=O) groups is 1. The van der Waals surface area contributed by atoms with Crippen molar-refractivity contribution in [2.75, 3.05) is 0 Å². The molecule has 0 radical (unpaired) electrons. The summed E-state index contributed by atoms with van der Waals surface area (Å²) in [5.41, 5.74) is 3.09. The second-order valence-electron chi connectivity index (χ2n) is 9.12. The van der Waals surface area contributed by atoms with Crippen molar-refractivity contribution in [2.24, 2.45) is 28.6 Å². The second kappa shape index (κ2) is 5.55. The summed E-state index contributed by atoms with van der Waals surface area (Å²) in [6.07, 6.45) is 14.8. The van der Waals surface area contributed by atoms with Crippen LogP contribution in [-0.2, 0) is 9.53 Å². The van der Waals surface area contributed by atoms with E-state index in [4.69, 9.17) is 4.74 Å². The average Bonchev–Trinajstić information content (AvgIpc) is 3.00. The summed E-state index contributed by atoms with van der Waals surface area (Å²) in [4.78, 5) is 16.1. The van der Waals surface area contributed by atoms with Crippen molar-refractivity contribution in [1.29, 1.82) is 0 Å². The van der Waals surface area contributed by atoms with Gasteiger partial charge in [0.2, 0.25) is 0 Å². The zero-order valence-corrected chi connectivity index (χ0v) is 15.7. The molecule has 1 aromatic rings. The first-order chi connectivity index (χ1) is 12.5. The third-order valence-electron chi connectivity index (χ3n) is 8.02. The lowest BCUT2D eigenvalue weighted by molar-refractivity contribution is -0.151. The van der Waals surface area contributed by atoms with E-state index in [2.05, 4.69) is 37.0 Å². The fourth-order valence-corrected chi connectivity index (χ4v) is 6.61. The van der Waals surface area contributed by atoms with E-state index in [-0.39, 0.29) is 16.8 Å². The molecule has 0 N–H and O–H groups in total. The topological polar surface area (TPSA) is 39.2 Å². The lowest BCUT2D eigenvalue weighted by Gasteiger charge is -2.56. The molecule has 0 spiro atoms. The Morgan fingerprint density at radius 2 is 2.00 bits per heavy atom. The van der Waals surface area contributed by atoms with Gasteiger partial charge >= 0.3 is 5.97 Å². The highest BCUT2D eigenvalue weighted by molar-refractivity contribution is 5.73. The molecule has 1 saturated heterocycles. The summed E-state index contributed by atoms with van der Waals surface area (Å²) in [5.74, 6) is 2.93. The molecule has 0 bridgehead atoms. The number of esters is 1. The minimum Gasteiger partial charge on any atom is -0.431 e. The van der Waals surface area contributed by atoms with Gasteiger partial charge in [0.1, 0.15) is 5.76 Å². The molecule has 5 rings (SSSR count). The summed E-state index contributed by atoms with van der Waals surface area (Å²) >= 11 is 0. The van der Waals surface area contributed by atoms with Gasteiger partial charge < -0.3 is 4.74 Å². The number of rotatable bonds is 1. The van der Waals surface area contributed by atoms with Crippen LogP contribution in [0.25, 0.3) is 5.57 Å². The van der Waals surface area contributed by atoms with Crippen molar-refractivity contribution in [2.45, 2.75) is 52.4 Å². The van der Waals surface area contributed by atoms with Crippen molar-refractivity contribution in [3.63, 3.8) is 0 Å². The fraction of sp³-hybridized carbons (Fsp3) is 0.565. The van der Waals surface area contributed by atoms with Crippen LogP contribution in [0.15, 0.2) is 42.4 Å². The van der Waals surface area contributed by atoms with Crippen LogP contribution in [0.5, 0.6) is 0 Å². The number of fused-ring (bicyclic) bond motifs is 5. The zero-order valence-electron chi connectivity index (χ0n) is 15.7. The summed E-state index contributed by atoms with van der Waals surface area (Å²) in [7, 11) is 0. The number of hydrogen-bond donors (Lipinski definition) is 0. The molecule has 5 atom stereocenters. The molecule has 2 fully saturated rings. The Kier molecular flexibility index (Phi) is 3.47. The number of hydrogen-bond acceptors (Lipinski definition) is 3. The quantitative estimate of drug-likeness (QED) is 0.658. The van der Waals surface area contributed by atoms with Crippen LogP contribution in [0.2, 0.25) is 0 Å². The minimum atomic E-state index is -0.0470. The van der Waals surface area contributed by atoms with E-state index in [0.717, 1.165) is 18.6 Å².